The Morgan fingerprint density at radius 1 is 0.867 bits per heavy atom. The minimum Gasteiger partial charge on any atom is -0.486 e. The van der Waals surface area contributed by atoms with Gasteiger partial charge in [-0.3, -0.25) is 0 Å². The van der Waals surface area contributed by atoms with Gasteiger partial charge in [-0.2, -0.15) is 5.10 Å². The van der Waals surface area contributed by atoms with Gasteiger partial charge in [0.25, 0.3) is 0 Å². The zero-order valence-corrected chi connectivity index (χ0v) is 17.7. The third-order valence-electron chi connectivity index (χ3n) is 5.73. The molecule has 0 saturated heterocycles. The molecule has 3 aliphatic rings. The Morgan fingerprint density at radius 3 is 2.53 bits per heavy atom. The van der Waals surface area contributed by atoms with Crippen molar-refractivity contribution in [3.63, 3.8) is 0 Å². The minimum atomic E-state index is -0.271. The molecule has 0 fully saturated rings. The molecule has 6 rings (SSSR count). The second-order valence-electron chi connectivity index (χ2n) is 7.56. The number of hydrogen-bond acceptors (Lipinski definition) is 5. The van der Waals surface area contributed by atoms with Crippen molar-refractivity contribution < 1.29 is 14.2 Å². The van der Waals surface area contributed by atoms with E-state index in [1.54, 1.807) is 0 Å². The standard InChI is InChI=1S/C24H19BrN2O3/c25-17-8-5-15(6-9-17)24-27-20(18-3-1-2-4-21(18)30-24)14-19(26-27)16-7-10-22-23(13-16)29-12-11-28-22/h1-10,13,20,24H,11-12,14H2/t20-,24+/m0/s1. The van der Waals surface area contributed by atoms with Gasteiger partial charge in [0.15, 0.2) is 11.5 Å². The lowest BCUT2D eigenvalue weighted by Gasteiger charge is -2.38. The summed E-state index contributed by atoms with van der Waals surface area (Å²) in [6.45, 7) is 1.16. The average Bonchev–Trinajstić information content (AvgIpc) is 3.25. The normalized spacial score (nSPS) is 21.4. The molecule has 0 unspecified atom stereocenters. The molecule has 2 atom stereocenters. The van der Waals surface area contributed by atoms with Crippen molar-refractivity contribution >= 4 is 21.6 Å². The highest BCUT2D eigenvalue weighted by Crippen LogP contribution is 2.47. The number of rotatable bonds is 2. The van der Waals surface area contributed by atoms with E-state index in [0.29, 0.717) is 13.2 Å². The van der Waals surface area contributed by atoms with Crippen molar-refractivity contribution in [1.82, 2.24) is 5.01 Å². The zero-order chi connectivity index (χ0) is 20.1. The molecule has 3 aromatic carbocycles. The van der Waals surface area contributed by atoms with Crippen LogP contribution in [-0.4, -0.2) is 23.9 Å². The highest BCUT2D eigenvalue weighted by molar-refractivity contribution is 9.10. The number of hydrazone groups is 1. The van der Waals surface area contributed by atoms with Crippen LogP contribution in [0.4, 0.5) is 0 Å². The molecular formula is C24H19BrN2O3. The van der Waals surface area contributed by atoms with Crippen LogP contribution in [0.1, 0.15) is 35.4 Å². The summed E-state index contributed by atoms with van der Waals surface area (Å²) < 4.78 is 18.9. The number of hydrogen-bond donors (Lipinski definition) is 0. The monoisotopic (exact) mass is 462 g/mol. The lowest BCUT2D eigenvalue weighted by Crippen LogP contribution is -2.33. The molecule has 3 heterocycles. The maximum absolute atomic E-state index is 6.41. The maximum Gasteiger partial charge on any atom is 0.213 e. The first-order valence-corrected chi connectivity index (χ1v) is 10.8. The molecule has 0 bridgehead atoms. The fraction of sp³-hybridized carbons (Fsp3) is 0.208. The highest BCUT2D eigenvalue weighted by atomic mass is 79.9. The van der Waals surface area contributed by atoms with Crippen molar-refractivity contribution in [2.45, 2.75) is 18.7 Å². The first-order valence-electron chi connectivity index (χ1n) is 10.0. The second kappa shape index (κ2) is 7.06. The smallest absolute Gasteiger partial charge is 0.213 e. The van der Waals surface area contributed by atoms with Crippen molar-refractivity contribution in [2.75, 3.05) is 13.2 Å². The van der Waals surface area contributed by atoms with Gasteiger partial charge in [-0.25, -0.2) is 5.01 Å². The number of fused-ring (bicyclic) bond motifs is 4. The summed E-state index contributed by atoms with van der Waals surface area (Å²) in [4.78, 5) is 0. The minimum absolute atomic E-state index is 0.131. The molecule has 0 spiro atoms. The van der Waals surface area contributed by atoms with Crippen LogP contribution in [0.15, 0.2) is 76.3 Å². The van der Waals surface area contributed by atoms with Gasteiger partial charge in [-0.05, 0) is 36.4 Å². The van der Waals surface area contributed by atoms with E-state index >= 15 is 0 Å². The molecule has 0 N–H and O–H groups in total. The van der Waals surface area contributed by atoms with Gasteiger partial charge in [0.05, 0.1) is 11.8 Å². The molecule has 0 aromatic heterocycles. The Kier molecular flexibility index (Phi) is 4.20. The van der Waals surface area contributed by atoms with Gasteiger partial charge in [0, 0.05) is 27.6 Å². The van der Waals surface area contributed by atoms with Gasteiger partial charge >= 0.3 is 0 Å². The molecule has 6 heteroatoms. The lowest BCUT2D eigenvalue weighted by atomic mass is 9.96. The summed E-state index contributed by atoms with van der Waals surface area (Å²) in [5.41, 5.74) is 4.33. The quantitative estimate of drug-likeness (QED) is 0.506. The first kappa shape index (κ1) is 17.8. The molecule has 0 amide bonds. The highest BCUT2D eigenvalue weighted by Gasteiger charge is 2.40. The summed E-state index contributed by atoms with van der Waals surface area (Å²) in [5, 5.41) is 7.12. The van der Waals surface area contributed by atoms with Crippen LogP contribution >= 0.6 is 15.9 Å². The summed E-state index contributed by atoms with van der Waals surface area (Å²) in [7, 11) is 0. The van der Waals surface area contributed by atoms with Gasteiger partial charge in [0.1, 0.15) is 19.0 Å². The Bertz CT molecular complexity index is 1150. The molecule has 3 aliphatic heterocycles. The molecule has 0 radical (unpaired) electrons. The third-order valence-corrected chi connectivity index (χ3v) is 6.26. The van der Waals surface area contributed by atoms with Crippen molar-refractivity contribution in [1.29, 1.82) is 0 Å². The molecular weight excluding hydrogens is 444 g/mol. The van der Waals surface area contributed by atoms with E-state index in [2.05, 4.69) is 51.3 Å². The summed E-state index contributed by atoms with van der Waals surface area (Å²) in [6.07, 6.45) is 0.542. The fourth-order valence-electron chi connectivity index (χ4n) is 4.28. The van der Waals surface area contributed by atoms with E-state index in [4.69, 9.17) is 19.3 Å². The van der Waals surface area contributed by atoms with Crippen LogP contribution in [0, 0.1) is 0 Å². The maximum atomic E-state index is 6.41. The fourth-order valence-corrected chi connectivity index (χ4v) is 4.54. The first-order chi connectivity index (χ1) is 14.8. The number of nitrogens with zero attached hydrogens (tertiary/aromatic N) is 2. The summed E-state index contributed by atoms with van der Waals surface area (Å²) >= 11 is 3.52. The van der Waals surface area contributed by atoms with Crippen LogP contribution < -0.4 is 14.2 Å². The second-order valence-corrected chi connectivity index (χ2v) is 8.48. The average molecular weight is 463 g/mol. The Morgan fingerprint density at radius 2 is 1.67 bits per heavy atom. The van der Waals surface area contributed by atoms with E-state index in [-0.39, 0.29) is 12.3 Å². The van der Waals surface area contributed by atoms with E-state index in [1.807, 2.05) is 36.4 Å². The van der Waals surface area contributed by atoms with Gasteiger partial charge in [-0.1, -0.05) is 46.3 Å². The molecule has 5 nitrogen and oxygen atoms in total. The molecule has 150 valence electrons. The lowest BCUT2D eigenvalue weighted by molar-refractivity contribution is -0.0190. The van der Waals surface area contributed by atoms with Crippen molar-refractivity contribution in [3.8, 4) is 17.2 Å². The summed E-state index contributed by atoms with van der Waals surface area (Å²) in [5.74, 6) is 2.50. The van der Waals surface area contributed by atoms with Crippen LogP contribution in [0.5, 0.6) is 17.2 Å². The zero-order valence-electron chi connectivity index (χ0n) is 16.1. The Hall–Kier alpha value is -2.99. The van der Waals surface area contributed by atoms with E-state index < -0.39 is 0 Å². The van der Waals surface area contributed by atoms with Crippen molar-refractivity contribution in [2.24, 2.45) is 5.10 Å². The van der Waals surface area contributed by atoms with E-state index in [1.165, 1.54) is 5.56 Å². The predicted octanol–water partition coefficient (Wildman–Crippen LogP) is 5.46. The largest absolute Gasteiger partial charge is 0.486 e. The van der Waals surface area contributed by atoms with Crippen LogP contribution in [0.3, 0.4) is 0 Å². The number of benzene rings is 3. The Labute approximate surface area is 183 Å². The molecule has 0 aliphatic carbocycles. The summed E-state index contributed by atoms with van der Waals surface area (Å²) in [6, 6.07) is 22.7. The van der Waals surface area contributed by atoms with Crippen molar-refractivity contribution in [3.05, 3.63) is 87.9 Å². The van der Waals surface area contributed by atoms with Gasteiger partial charge in [0.2, 0.25) is 6.23 Å². The number of para-hydroxylation sites is 1. The molecule has 30 heavy (non-hydrogen) atoms. The van der Waals surface area contributed by atoms with Gasteiger partial charge in [-0.15, -0.1) is 0 Å². The van der Waals surface area contributed by atoms with Crippen LogP contribution in [-0.2, 0) is 0 Å². The predicted molar refractivity (Wildman–Crippen MR) is 117 cm³/mol. The van der Waals surface area contributed by atoms with E-state index in [9.17, 15) is 0 Å². The SMILES string of the molecule is Brc1ccc([C@H]2Oc3ccccc3[C@@H]3CC(c4ccc5c(c4)OCCO5)=NN23)cc1. The Balaban J connectivity index is 1.41. The topological polar surface area (TPSA) is 43.3 Å². The number of ether oxygens (including phenoxy) is 3. The van der Waals surface area contributed by atoms with Gasteiger partial charge < -0.3 is 14.2 Å². The molecule has 3 aromatic rings. The van der Waals surface area contributed by atoms with E-state index in [0.717, 1.165) is 45.0 Å². The number of halogens is 1. The third kappa shape index (κ3) is 2.94. The molecule has 0 saturated carbocycles. The van der Waals surface area contributed by atoms with Crippen LogP contribution in [0.2, 0.25) is 0 Å². The van der Waals surface area contributed by atoms with Crippen LogP contribution in [0.25, 0.3) is 0 Å².